The predicted molar refractivity (Wildman–Crippen MR) is 65.6 cm³/mol. The summed E-state index contributed by atoms with van der Waals surface area (Å²) in [6.45, 7) is 2.13. The highest BCUT2D eigenvalue weighted by Gasteiger charge is 2.24. The number of rotatable bonds is 2. The first kappa shape index (κ1) is 10.7. The van der Waals surface area contributed by atoms with Crippen molar-refractivity contribution in [2.45, 2.75) is 38.6 Å². The molecule has 1 heterocycles. The molecule has 1 fully saturated rings. The number of hydrogen-bond donors (Lipinski definition) is 1. The van der Waals surface area contributed by atoms with Crippen LogP contribution in [0.3, 0.4) is 0 Å². The molecular formula is C11H16BrNS. The average Bonchev–Trinajstić information content (AvgIpc) is 2.76. The van der Waals surface area contributed by atoms with Gasteiger partial charge in [0.2, 0.25) is 0 Å². The van der Waals surface area contributed by atoms with E-state index in [2.05, 4.69) is 28.9 Å². The third-order valence-corrected chi connectivity index (χ3v) is 5.35. The van der Waals surface area contributed by atoms with Crippen LogP contribution in [-0.2, 0) is 0 Å². The Morgan fingerprint density at radius 2 is 2.14 bits per heavy atom. The Bertz CT molecular complexity index is 296. The SMILES string of the molecule is Cc1cc(C(N)C2CCCC2)sc1Br. The molecule has 2 rings (SSSR count). The van der Waals surface area contributed by atoms with E-state index in [9.17, 15) is 0 Å². The summed E-state index contributed by atoms with van der Waals surface area (Å²) in [6.07, 6.45) is 5.36. The minimum atomic E-state index is 0.271. The van der Waals surface area contributed by atoms with Crippen molar-refractivity contribution >= 4 is 27.3 Å². The van der Waals surface area contributed by atoms with Gasteiger partial charge < -0.3 is 5.73 Å². The molecular weight excluding hydrogens is 258 g/mol. The molecule has 0 amide bonds. The van der Waals surface area contributed by atoms with Crippen molar-refractivity contribution in [1.29, 1.82) is 0 Å². The van der Waals surface area contributed by atoms with Crippen LogP contribution < -0.4 is 5.73 Å². The molecule has 78 valence electrons. The summed E-state index contributed by atoms with van der Waals surface area (Å²) in [5.74, 6) is 0.722. The van der Waals surface area contributed by atoms with E-state index in [1.807, 2.05) is 0 Å². The summed E-state index contributed by atoms with van der Waals surface area (Å²) in [5, 5.41) is 0. The summed E-state index contributed by atoms with van der Waals surface area (Å²) in [7, 11) is 0. The van der Waals surface area contributed by atoms with Gasteiger partial charge in [0, 0.05) is 10.9 Å². The third kappa shape index (κ3) is 2.05. The second-order valence-corrected chi connectivity index (χ2v) is 6.58. The van der Waals surface area contributed by atoms with Gasteiger partial charge in [0.05, 0.1) is 3.79 Å². The Hall–Kier alpha value is 0.140. The summed E-state index contributed by atoms with van der Waals surface area (Å²) < 4.78 is 1.24. The van der Waals surface area contributed by atoms with Crippen molar-refractivity contribution in [2.24, 2.45) is 11.7 Å². The summed E-state index contributed by atoms with van der Waals surface area (Å²) >= 11 is 5.36. The lowest BCUT2D eigenvalue weighted by atomic mass is 9.97. The minimum absolute atomic E-state index is 0.271. The summed E-state index contributed by atoms with van der Waals surface area (Å²) in [5.41, 5.74) is 7.59. The molecule has 2 N–H and O–H groups in total. The Kier molecular flexibility index (Phi) is 3.30. The van der Waals surface area contributed by atoms with E-state index in [4.69, 9.17) is 5.73 Å². The van der Waals surface area contributed by atoms with Gasteiger partial charge in [-0.25, -0.2) is 0 Å². The number of halogens is 1. The van der Waals surface area contributed by atoms with Crippen molar-refractivity contribution in [1.82, 2.24) is 0 Å². The van der Waals surface area contributed by atoms with Crippen LogP contribution in [0.4, 0.5) is 0 Å². The number of aryl methyl sites for hydroxylation is 1. The van der Waals surface area contributed by atoms with Crippen LogP contribution in [0.2, 0.25) is 0 Å². The van der Waals surface area contributed by atoms with E-state index < -0.39 is 0 Å². The Morgan fingerprint density at radius 3 is 2.64 bits per heavy atom. The Balaban J connectivity index is 2.13. The molecule has 0 radical (unpaired) electrons. The molecule has 0 aromatic carbocycles. The molecule has 1 aliphatic rings. The van der Waals surface area contributed by atoms with Gasteiger partial charge in [0.1, 0.15) is 0 Å². The molecule has 1 saturated carbocycles. The Morgan fingerprint density at radius 1 is 1.50 bits per heavy atom. The Labute approximate surface area is 97.8 Å². The molecule has 1 unspecified atom stereocenters. The summed E-state index contributed by atoms with van der Waals surface area (Å²) in [4.78, 5) is 1.35. The zero-order valence-electron chi connectivity index (χ0n) is 8.42. The van der Waals surface area contributed by atoms with E-state index in [0.29, 0.717) is 0 Å². The largest absolute Gasteiger partial charge is 0.323 e. The van der Waals surface area contributed by atoms with Crippen LogP contribution >= 0.6 is 27.3 Å². The first-order chi connectivity index (χ1) is 6.68. The van der Waals surface area contributed by atoms with E-state index in [-0.39, 0.29) is 6.04 Å². The number of hydrogen-bond acceptors (Lipinski definition) is 2. The highest BCUT2D eigenvalue weighted by Crippen LogP contribution is 2.39. The quantitative estimate of drug-likeness (QED) is 0.866. The zero-order valence-corrected chi connectivity index (χ0v) is 10.8. The normalized spacial score (nSPS) is 20.2. The zero-order chi connectivity index (χ0) is 10.1. The van der Waals surface area contributed by atoms with Crippen molar-refractivity contribution in [3.8, 4) is 0 Å². The van der Waals surface area contributed by atoms with Gasteiger partial charge in [0.25, 0.3) is 0 Å². The van der Waals surface area contributed by atoms with Crippen LogP contribution in [0.1, 0.15) is 42.2 Å². The summed E-state index contributed by atoms with van der Waals surface area (Å²) in [6, 6.07) is 2.50. The maximum Gasteiger partial charge on any atom is 0.0731 e. The van der Waals surface area contributed by atoms with Crippen molar-refractivity contribution in [3.05, 3.63) is 20.3 Å². The lowest BCUT2D eigenvalue weighted by Crippen LogP contribution is -2.17. The molecule has 1 aliphatic carbocycles. The number of nitrogens with two attached hydrogens (primary N) is 1. The standard InChI is InChI=1S/C11H16BrNS/c1-7-6-9(14-11(7)12)10(13)8-4-2-3-5-8/h6,8,10H,2-5,13H2,1H3. The molecule has 1 aromatic rings. The second kappa shape index (κ2) is 4.33. The molecule has 1 aromatic heterocycles. The smallest absolute Gasteiger partial charge is 0.0731 e. The second-order valence-electron chi connectivity index (χ2n) is 4.18. The fourth-order valence-electron chi connectivity index (χ4n) is 2.20. The van der Waals surface area contributed by atoms with Gasteiger partial charge in [-0.05, 0) is 53.2 Å². The van der Waals surface area contributed by atoms with Gasteiger partial charge in [-0.15, -0.1) is 11.3 Å². The highest BCUT2D eigenvalue weighted by atomic mass is 79.9. The topological polar surface area (TPSA) is 26.0 Å². The predicted octanol–water partition coefficient (Wildman–Crippen LogP) is 4.01. The molecule has 1 nitrogen and oxygen atoms in total. The van der Waals surface area contributed by atoms with Gasteiger partial charge in [-0.3, -0.25) is 0 Å². The molecule has 0 bridgehead atoms. The van der Waals surface area contributed by atoms with Crippen molar-refractivity contribution in [3.63, 3.8) is 0 Å². The molecule has 0 aliphatic heterocycles. The van der Waals surface area contributed by atoms with E-state index in [0.717, 1.165) is 5.92 Å². The first-order valence-corrected chi connectivity index (χ1v) is 6.81. The first-order valence-electron chi connectivity index (χ1n) is 5.20. The molecule has 0 saturated heterocycles. The van der Waals surface area contributed by atoms with E-state index in [1.165, 1.54) is 39.9 Å². The van der Waals surface area contributed by atoms with Gasteiger partial charge in [-0.1, -0.05) is 12.8 Å². The third-order valence-electron chi connectivity index (χ3n) is 3.11. The maximum atomic E-state index is 6.27. The molecule has 3 heteroatoms. The average molecular weight is 274 g/mol. The van der Waals surface area contributed by atoms with Gasteiger partial charge in [0.15, 0.2) is 0 Å². The fourth-order valence-corrected chi connectivity index (χ4v) is 3.86. The lowest BCUT2D eigenvalue weighted by molar-refractivity contribution is 0.450. The lowest BCUT2D eigenvalue weighted by Gasteiger charge is -2.16. The fraction of sp³-hybridized carbons (Fsp3) is 0.636. The van der Waals surface area contributed by atoms with Gasteiger partial charge in [-0.2, -0.15) is 0 Å². The van der Waals surface area contributed by atoms with E-state index in [1.54, 1.807) is 11.3 Å². The van der Waals surface area contributed by atoms with Crippen LogP contribution in [0.25, 0.3) is 0 Å². The number of thiophene rings is 1. The van der Waals surface area contributed by atoms with Crippen LogP contribution in [0.15, 0.2) is 9.85 Å². The van der Waals surface area contributed by atoms with Crippen molar-refractivity contribution < 1.29 is 0 Å². The monoisotopic (exact) mass is 273 g/mol. The highest BCUT2D eigenvalue weighted by molar-refractivity contribution is 9.11. The molecule has 14 heavy (non-hydrogen) atoms. The molecule has 1 atom stereocenters. The van der Waals surface area contributed by atoms with E-state index >= 15 is 0 Å². The van der Waals surface area contributed by atoms with Gasteiger partial charge >= 0.3 is 0 Å². The van der Waals surface area contributed by atoms with Crippen molar-refractivity contribution in [2.75, 3.05) is 0 Å². The maximum absolute atomic E-state index is 6.27. The van der Waals surface area contributed by atoms with Crippen LogP contribution in [0.5, 0.6) is 0 Å². The van der Waals surface area contributed by atoms with Crippen LogP contribution in [-0.4, -0.2) is 0 Å². The van der Waals surface area contributed by atoms with Crippen LogP contribution in [0, 0.1) is 12.8 Å². The minimum Gasteiger partial charge on any atom is -0.323 e. The molecule has 0 spiro atoms.